The van der Waals surface area contributed by atoms with Gasteiger partial charge in [-0.3, -0.25) is 0 Å². The molecule has 0 bridgehead atoms. The highest BCUT2D eigenvalue weighted by atomic mass is 35.5. The lowest BCUT2D eigenvalue weighted by molar-refractivity contribution is 0.472. The number of nitrogens with zero attached hydrogens (tertiary/aromatic N) is 2. The Morgan fingerprint density at radius 2 is 2.15 bits per heavy atom. The van der Waals surface area contributed by atoms with Crippen molar-refractivity contribution in [2.45, 2.75) is 27.3 Å². The van der Waals surface area contributed by atoms with Crippen molar-refractivity contribution < 1.29 is 4.74 Å². The van der Waals surface area contributed by atoms with Crippen LogP contribution in [0.4, 0.5) is 0 Å². The largest absolute Gasteiger partial charge is 0.430 e. The van der Waals surface area contributed by atoms with Crippen LogP contribution in [0.2, 0.25) is 5.02 Å². The Bertz CT molecular complexity index is 571. The normalized spacial score (nSPS) is 11.1. The highest BCUT2D eigenvalue weighted by Crippen LogP contribution is 2.27. The van der Waals surface area contributed by atoms with Gasteiger partial charge in [-0.15, -0.1) is 5.10 Å². The molecule has 20 heavy (non-hydrogen) atoms. The van der Waals surface area contributed by atoms with Gasteiger partial charge in [-0.1, -0.05) is 41.9 Å². The Morgan fingerprint density at radius 3 is 2.85 bits per heavy atom. The third-order valence-electron chi connectivity index (χ3n) is 2.61. The van der Waals surface area contributed by atoms with Gasteiger partial charge in [-0.2, -0.15) is 0 Å². The standard InChI is InChI=1S/C14H18ClN3OS/c1-9(2)7-16-8-13-17-18-14(20-13)19-11-4-5-12(15)10(3)6-11/h4-6,9,16H,7-8H2,1-3H3. The summed E-state index contributed by atoms with van der Waals surface area (Å²) in [6, 6.07) is 5.53. The lowest BCUT2D eigenvalue weighted by atomic mass is 10.2. The fourth-order valence-electron chi connectivity index (χ4n) is 1.60. The van der Waals surface area contributed by atoms with Gasteiger partial charge in [-0.05, 0) is 43.1 Å². The van der Waals surface area contributed by atoms with Crippen molar-refractivity contribution in [2.24, 2.45) is 5.92 Å². The van der Waals surface area contributed by atoms with Gasteiger partial charge in [0.15, 0.2) is 0 Å². The smallest absolute Gasteiger partial charge is 0.299 e. The molecule has 0 aliphatic rings. The fraction of sp³-hybridized carbons (Fsp3) is 0.429. The maximum absolute atomic E-state index is 5.98. The number of benzene rings is 1. The van der Waals surface area contributed by atoms with Crippen LogP contribution in [0.3, 0.4) is 0 Å². The zero-order valence-corrected chi connectivity index (χ0v) is 13.4. The Morgan fingerprint density at radius 1 is 1.35 bits per heavy atom. The molecule has 1 aromatic carbocycles. The zero-order valence-electron chi connectivity index (χ0n) is 11.8. The van der Waals surface area contributed by atoms with Gasteiger partial charge in [-0.25, -0.2) is 0 Å². The molecule has 0 aliphatic carbocycles. The monoisotopic (exact) mass is 311 g/mol. The lowest BCUT2D eigenvalue weighted by Gasteiger charge is -2.04. The Balaban J connectivity index is 1.93. The second kappa shape index (κ2) is 7.02. The molecule has 0 spiro atoms. The molecule has 2 rings (SSSR count). The first-order valence-corrected chi connectivity index (χ1v) is 7.71. The molecule has 0 aliphatic heterocycles. The molecule has 0 amide bonds. The summed E-state index contributed by atoms with van der Waals surface area (Å²) in [7, 11) is 0. The van der Waals surface area contributed by atoms with E-state index in [1.807, 2.05) is 25.1 Å². The van der Waals surface area contributed by atoms with E-state index in [1.54, 1.807) is 0 Å². The molecule has 108 valence electrons. The Hall–Kier alpha value is -1.17. The summed E-state index contributed by atoms with van der Waals surface area (Å²) in [5, 5.41) is 13.7. The van der Waals surface area contributed by atoms with E-state index in [0.29, 0.717) is 11.1 Å². The number of rotatable bonds is 6. The number of hydrogen-bond acceptors (Lipinski definition) is 5. The van der Waals surface area contributed by atoms with E-state index in [2.05, 4.69) is 29.4 Å². The molecule has 1 N–H and O–H groups in total. The maximum Gasteiger partial charge on any atom is 0.299 e. The van der Waals surface area contributed by atoms with Gasteiger partial charge in [0.05, 0.1) is 0 Å². The molecule has 0 atom stereocenters. The van der Waals surface area contributed by atoms with Gasteiger partial charge >= 0.3 is 0 Å². The average Bonchev–Trinajstić information content (AvgIpc) is 2.81. The van der Waals surface area contributed by atoms with E-state index in [9.17, 15) is 0 Å². The molecule has 0 saturated carbocycles. The summed E-state index contributed by atoms with van der Waals surface area (Å²) in [4.78, 5) is 0. The third-order valence-corrected chi connectivity index (χ3v) is 3.84. The van der Waals surface area contributed by atoms with Crippen LogP contribution < -0.4 is 10.1 Å². The number of halogens is 1. The summed E-state index contributed by atoms with van der Waals surface area (Å²) in [6.07, 6.45) is 0. The topological polar surface area (TPSA) is 47.0 Å². The van der Waals surface area contributed by atoms with Gasteiger partial charge in [0, 0.05) is 11.6 Å². The van der Waals surface area contributed by atoms with E-state index in [-0.39, 0.29) is 0 Å². The molecule has 0 saturated heterocycles. The van der Waals surface area contributed by atoms with Crippen LogP contribution in [-0.4, -0.2) is 16.7 Å². The average molecular weight is 312 g/mol. The van der Waals surface area contributed by atoms with E-state index in [1.165, 1.54) is 11.3 Å². The van der Waals surface area contributed by atoms with E-state index in [0.717, 1.165) is 34.4 Å². The van der Waals surface area contributed by atoms with E-state index in [4.69, 9.17) is 16.3 Å². The molecule has 4 nitrogen and oxygen atoms in total. The fourth-order valence-corrected chi connectivity index (χ4v) is 2.39. The molecule has 1 heterocycles. The molecule has 6 heteroatoms. The number of hydrogen-bond donors (Lipinski definition) is 1. The molecule has 0 fully saturated rings. The summed E-state index contributed by atoms with van der Waals surface area (Å²) in [6.45, 7) is 7.97. The SMILES string of the molecule is Cc1cc(Oc2nnc(CNCC(C)C)s2)ccc1Cl. The van der Waals surface area contributed by atoms with Crippen LogP contribution in [0.5, 0.6) is 10.9 Å². The van der Waals surface area contributed by atoms with E-state index >= 15 is 0 Å². The zero-order chi connectivity index (χ0) is 14.5. The second-order valence-electron chi connectivity index (χ2n) is 5.00. The van der Waals surface area contributed by atoms with Gasteiger partial charge in [0.1, 0.15) is 10.8 Å². The van der Waals surface area contributed by atoms with Crippen molar-refractivity contribution in [2.75, 3.05) is 6.54 Å². The molecule has 2 aromatic rings. The summed E-state index contributed by atoms with van der Waals surface area (Å²) in [5.41, 5.74) is 0.979. The number of nitrogens with one attached hydrogen (secondary N) is 1. The maximum atomic E-state index is 5.98. The third kappa shape index (κ3) is 4.44. The first-order chi connectivity index (χ1) is 9.54. The minimum absolute atomic E-state index is 0.549. The molecule has 1 aromatic heterocycles. The number of ether oxygens (including phenoxy) is 1. The predicted octanol–water partition coefficient (Wildman–Crippen LogP) is 4.04. The molecular weight excluding hydrogens is 294 g/mol. The van der Waals surface area contributed by atoms with Crippen LogP contribution in [0.25, 0.3) is 0 Å². The number of aromatic nitrogens is 2. The summed E-state index contributed by atoms with van der Waals surface area (Å²) in [5.74, 6) is 1.35. The quantitative estimate of drug-likeness (QED) is 0.874. The number of aryl methyl sites for hydroxylation is 1. The van der Waals surface area contributed by atoms with Crippen LogP contribution in [0.15, 0.2) is 18.2 Å². The van der Waals surface area contributed by atoms with Crippen LogP contribution >= 0.6 is 22.9 Å². The van der Waals surface area contributed by atoms with Crippen LogP contribution in [0.1, 0.15) is 24.4 Å². The molecular formula is C14H18ClN3OS. The summed E-state index contributed by atoms with van der Waals surface area (Å²) < 4.78 is 5.68. The predicted molar refractivity (Wildman–Crippen MR) is 82.7 cm³/mol. The van der Waals surface area contributed by atoms with E-state index < -0.39 is 0 Å². The first kappa shape index (κ1) is 15.2. The van der Waals surface area contributed by atoms with Crippen molar-refractivity contribution in [3.05, 3.63) is 33.8 Å². The molecule has 0 unspecified atom stereocenters. The van der Waals surface area contributed by atoms with Crippen molar-refractivity contribution in [3.8, 4) is 10.9 Å². The first-order valence-electron chi connectivity index (χ1n) is 6.51. The highest BCUT2D eigenvalue weighted by Gasteiger charge is 2.07. The van der Waals surface area contributed by atoms with Gasteiger partial charge < -0.3 is 10.1 Å². The Kier molecular flexibility index (Phi) is 5.34. The highest BCUT2D eigenvalue weighted by molar-refractivity contribution is 7.13. The minimum atomic E-state index is 0.549. The molecule has 0 radical (unpaired) electrons. The second-order valence-corrected chi connectivity index (χ2v) is 6.43. The van der Waals surface area contributed by atoms with Crippen LogP contribution in [-0.2, 0) is 6.54 Å². The Labute approximate surface area is 128 Å². The minimum Gasteiger partial charge on any atom is -0.430 e. The summed E-state index contributed by atoms with van der Waals surface area (Å²) >= 11 is 7.43. The van der Waals surface area contributed by atoms with Crippen molar-refractivity contribution >= 4 is 22.9 Å². The van der Waals surface area contributed by atoms with Crippen LogP contribution in [0, 0.1) is 12.8 Å². The lowest BCUT2D eigenvalue weighted by Crippen LogP contribution is -2.18. The van der Waals surface area contributed by atoms with Crippen molar-refractivity contribution in [3.63, 3.8) is 0 Å². The van der Waals surface area contributed by atoms with Crippen molar-refractivity contribution in [1.29, 1.82) is 0 Å². The van der Waals surface area contributed by atoms with Gasteiger partial charge in [0.25, 0.3) is 5.19 Å². The van der Waals surface area contributed by atoms with Gasteiger partial charge in [0.2, 0.25) is 0 Å². The van der Waals surface area contributed by atoms with Crippen molar-refractivity contribution in [1.82, 2.24) is 15.5 Å².